The maximum absolute atomic E-state index is 10.4. The monoisotopic (exact) mass is 219 g/mol. The second kappa shape index (κ2) is 9.34. The average molecular weight is 219 g/mol. The summed E-state index contributed by atoms with van der Waals surface area (Å²) in [4.78, 5) is 10.4. The van der Waals surface area contributed by atoms with Crippen molar-refractivity contribution in [2.45, 2.75) is 45.1 Å². The molecule has 0 spiro atoms. The second-order valence-corrected chi connectivity index (χ2v) is 4.63. The van der Waals surface area contributed by atoms with E-state index >= 15 is 0 Å². The molecule has 0 aliphatic heterocycles. The van der Waals surface area contributed by atoms with Gasteiger partial charge >= 0.3 is 5.97 Å². The Hall–Kier alpha value is -0.220. The number of carbonyl (C=O) groups is 1. The highest BCUT2D eigenvalue weighted by molar-refractivity contribution is 7.99. The maximum atomic E-state index is 10.4. The van der Waals surface area contributed by atoms with E-state index in [-0.39, 0.29) is 0 Å². The van der Waals surface area contributed by atoms with Gasteiger partial charge in [0, 0.05) is 0 Å². The molecule has 0 amide bonds. The minimum atomic E-state index is -0.892. The number of unbranched alkanes of at least 4 members (excludes halogenated alkanes) is 3. The molecule has 0 radical (unpaired) electrons. The highest BCUT2D eigenvalue weighted by Gasteiger charge is 2.09. The Labute approximate surface area is 90.4 Å². The van der Waals surface area contributed by atoms with Gasteiger partial charge in [0.25, 0.3) is 0 Å². The molecule has 0 aromatic heterocycles. The lowest BCUT2D eigenvalue weighted by Gasteiger charge is -2.05. The summed E-state index contributed by atoms with van der Waals surface area (Å²) in [7, 11) is 0. The van der Waals surface area contributed by atoms with Crippen molar-refractivity contribution in [2.75, 3.05) is 11.5 Å². The molecule has 1 unspecified atom stereocenters. The molecule has 0 bridgehead atoms. The van der Waals surface area contributed by atoms with Gasteiger partial charge in [0.1, 0.15) is 6.04 Å². The van der Waals surface area contributed by atoms with Crippen LogP contribution in [0.15, 0.2) is 0 Å². The Bertz CT molecular complexity index is 153. The first-order chi connectivity index (χ1) is 6.68. The molecule has 3 nitrogen and oxygen atoms in total. The van der Waals surface area contributed by atoms with Crippen LogP contribution >= 0.6 is 11.8 Å². The smallest absolute Gasteiger partial charge is 0.320 e. The number of carboxylic acid groups (broad SMARTS) is 1. The van der Waals surface area contributed by atoms with E-state index in [4.69, 9.17) is 10.8 Å². The normalized spacial score (nSPS) is 12.7. The molecule has 1 atom stereocenters. The number of thioether (sulfide) groups is 1. The van der Waals surface area contributed by atoms with Crippen molar-refractivity contribution in [1.29, 1.82) is 0 Å². The number of hydrogen-bond donors (Lipinski definition) is 2. The standard InChI is InChI=1S/C10H21NO2S/c1-2-3-4-5-7-14-8-6-9(11)10(12)13/h9H,2-8,11H2,1H3,(H,12,13). The fourth-order valence-electron chi connectivity index (χ4n) is 1.07. The molecule has 0 heterocycles. The first-order valence-corrected chi connectivity index (χ1v) is 6.40. The van der Waals surface area contributed by atoms with Crippen LogP contribution in [0.4, 0.5) is 0 Å². The molecule has 0 fully saturated rings. The van der Waals surface area contributed by atoms with E-state index in [0.717, 1.165) is 11.5 Å². The fourth-order valence-corrected chi connectivity index (χ4v) is 2.10. The predicted molar refractivity (Wildman–Crippen MR) is 61.7 cm³/mol. The molecular formula is C10H21NO2S. The minimum Gasteiger partial charge on any atom is -0.480 e. The molecule has 0 rings (SSSR count). The maximum Gasteiger partial charge on any atom is 0.320 e. The van der Waals surface area contributed by atoms with Crippen molar-refractivity contribution in [3.63, 3.8) is 0 Å². The van der Waals surface area contributed by atoms with E-state index in [2.05, 4.69) is 6.92 Å². The summed E-state index contributed by atoms with van der Waals surface area (Å²) in [5.41, 5.74) is 5.37. The van der Waals surface area contributed by atoms with Crippen LogP contribution in [-0.4, -0.2) is 28.6 Å². The molecule has 3 N–H and O–H groups in total. The third kappa shape index (κ3) is 8.38. The number of aliphatic carboxylic acids is 1. The molecule has 14 heavy (non-hydrogen) atoms. The van der Waals surface area contributed by atoms with Crippen LogP contribution < -0.4 is 5.73 Å². The van der Waals surface area contributed by atoms with Crippen LogP contribution in [0.3, 0.4) is 0 Å². The van der Waals surface area contributed by atoms with E-state index in [1.165, 1.54) is 25.7 Å². The predicted octanol–water partition coefficient (Wildman–Crippen LogP) is 2.10. The van der Waals surface area contributed by atoms with Gasteiger partial charge in [0.05, 0.1) is 0 Å². The largest absolute Gasteiger partial charge is 0.480 e. The van der Waals surface area contributed by atoms with Gasteiger partial charge in [-0.3, -0.25) is 4.79 Å². The number of rotatable bonds is 9. The zero-order valence-electron chi connectivity index (χ0n) is 8.87. The topological polar surface area (TPSA) is 63.3 Å². The molecular weight excluding hydrogens is 198 g/mol. The number of carboxylic acids is 1. The van der Waals surface area contributed by atoms with Crippen LogP contribution in [0.5, 0.6) is 0 Å². The zero-order valence-corrected chi connectivity index (χ0v) is 9.68. The van der Waals surface area contributed by atoms with Crippen LogP contribution in [0, 0.1) is 0 Å². The van der Waals surface area contributed by atoms with Crippen LogP contribution in [0.2, 0.25) is 0 Å². The summed E-state index contributed by atoms with van der Waals surface area (Å²) in [6.07, 6.45) is 5.66. The van der Waals surface area contributed by atoms with Crippen LogP contribution in [-0.2, 0) is 4.79 Å². The summed E-state index contributed by atoms with van der Waals surface area (Å²) in [6.45, 7) is 2.19. The van der Waals surface area contributed by atoms with Gasteiger partial charge < -0.3 is 10.8 Å². The van der Waals surface area contributed by atoms with Crippen molar-refractivity contribution in [1.82, 2.24) is 0 Å². The first kappa shape index (κ1) is 13.8. The van der Waals surface area contributed by atoms with Crippen molar-refractivity contribution in [3.8, 4) is 0 Å². The van der Waals surface area contributed by atoms with Gasteiger partial charge in [0.2, 0.25) is 0 Å². The van der Waals surface area contributed by atoms with Crippen molar-refractivity contribution >= 4 is 17.7 Å². The van der Waals surface area contributed by atoms with Gasteiger partial charge in [-0.2, -0.15) is 11.8 Å². The van der Waals surface area contributed by atoms with E-state index in [0.29, 0.717) is 6.42 Å². The molecule has 4 heteroatoms. The Balaban J connectivity index is 3.09. The van der Waals surface area contributed by atoms with Crippen molar-refractivity contribution in [2.24, 2.45) is 5.73 Å². The summed E-state index contributed by atoms with van der Waals surface area (Å²) < 4.78 is 0. The summed E-state index contributed by atoms with van der Waals surface area (Å²) in [5, 5.41) is 8.52. The molecule has 0 saturated carbocycles. The highest BCUT2D eigenvalue weighted by atomic mass is 32.2. The molecule has 0 aliphatic carbocycles. The summed E-state index contributed by atoms with van der Waals surface area (Å²) in [6, 6.07) is -0.682. The quantitative estimate of drug-likeness (QED) is 0.583. The van der Waals surface area contributed by atoms with Gasteiger partial charge in [-0.05, 0) is 24.3 Å². The molecule has 0 aromatic carbocycles. The molecule has 0 aromatic rings. The Morgan fingerprint density at radius 1 is 1.36 bits per heavy atom. The molecule has 0 saturated heterocycles. The second-order valence-electron chi connectivity index (χ2n) is 3.41. The lowest BCUT2D eigenvalue weighted by atomic mass is 10.2. The number of nitrogens with two attached hydrogens (primary N) is 1. The number of hydrogen-bond acceptors (Lipinski definition) is 3. The van der Waals surface area contributed by atoms with E-state index in [9.17, 15) is 4.79 Å². The average Bonchev–Trinajstić information content (AvgIpc) is 2.16. The fraction of sp³-hybridized carbons (Fsp3) is 0.900. The Kier molecular flexibility index (Phi) is 9.19. The van der Waals surface area contributed by atoms with Crippen LogP contribution in [0.25, 0.3) is 0 Å². The van der Waals surface area contributed by atoms with Crippen molar-refractivity contribution < 1.29 is 9.90 Å². The summed E-state index contributed by atoms with van der Waals surface area (Å²) >= 11 is 1.81. The van der Waals surface area contributed by atoms with Gasteiger partial charge in [-0.15, -0.1) is 0 Å². The van der Waals surface area contributed by atoms with Gasteiger partial charge in [-0.25, -0.2) is 0 Å². The summed E-state index contributed by atoms with van der Waals surface area (Å²) in [5.74, 6) is 1.10. The SMILES string of the molecule is CCCCCCSCCC(N)C(=O)O. The lowest BCUT2D eigenvalue weighted by molar-refractivity contribution is -0.138. The Morgan fingerprint density at radius 3 is 2.64 bits per heavy atom. The third-order valence-corrected chi connectivity index (χ3v) is 3.13. The molecule has 84 valence electrons. The lowest BCUT2D eigenvalue weighted by Crippen LogP contribution is -2.30. The van der Waals surface area contributed by atoms with Gasteiger partial charge in [0.15, 0.2) is 0 Å². The minimum absolute atomic E-state index is 0.577. The van der Waals surface area contributed by atoms with Crippen molar-refractivity contribution in [3.05, 3.63) is 0 Å². The van der Waals surface area contributed by atoms with Crippen LogP contribution in [0.1, 0.15) is 39.0 Å². The third-order valence-electron chi connectivity index (χ3n) is 2.03. The Morgan fingerprint density at radius 2 is 2.07 bits per heavy atom. The van der Waals surface area contributed by atoms with E-state index < -0.39 is 12.0 Å². The first-order valence-electron chi connectivity index (χ1n) is 5.24. The molecule has 0 aliphatic rings. The van der Waals surface area contributed by atoms with E-state index in [1.54, 1.807) is 11.8 Å². The van der Waals surface area contributed by atoms with Gasteiger partial charge in [-0.1, -0.05) is 26.2 Å². The van der Waals surface area contributed by atoms with E-state index in [1.807, 2.05) is 0 Å². The highest BCUT2D eigenvalue weighted by Crippen LogP contribution is 2.09. The zero-order chi connectivity index (χ0) is 10.8.